The van der Waals surface area contributed by atoms with E-state index in [4.69, 9.17) is 0 Å². The first kappa shape index (κ1) is 17.2. The maximum Gasteiger partial charge on any atom is 0.319 e. The molecule has 2 heterocycles. The average Bonchev–Trinajstić information content (AvgIpc) is 2.84. The van der Waals surface area contributed by atoms with Crippen LogP contribution < -0.4 is 0 Å². The van der Waals surface area contributed by atoms with Crippen LogP contribution in [0.3, 0.4) is 0 Å². The molecule has 132 valence electrons. The lowest BCUT2D eigenvalue weighted by Gasteiger charge is -2.44. The molecule has 6 nitrogen and oxygen atoms in total. The van der Waals surface area contributed by atoms with Gasteiger partial charge in [-0.15, -0.1) is 0 Å². The smallest absolute Gasteiger partial charge is 0.319 e. The molecule has 24 heavy (non-hydrogen) atoms. The second-order valence-corrected chi connectivity index (χ2v) is 9.19. The Bertz CT molecular complexity index is 715. The molecule has 7 heteroatoms. The summed E-state index contributed by atoms with van der Waals surface area (Å²) in [6, 6.07) is 7.86. The molecule has 2 amide bonds. The Balaban J connectivity index is 1.81. The molecule has 0 aromatic heterocycles. The molecule has 2 aliphatic heterocycles. The number of benzene rings is 1. The lowest BCUT2D eigenvalue weighted by atomic mass is 10.0. The van der Waals surface area contributed by atoms with Crippen LogP contribution in [0.1, 0.15) is 11.1 Å². The molecule has 3 rings (SSSR count). The topological polar surface area (TPSA) is 60.9 Å². The van der Waals surface area contributed by atoms with Crippen LogP contribution in [0.2, 0.25) is 0 Å². The number of hydrogen-bond donors (Lipinski definition) is 0. The SMILES string of the molecule is Cc1ccc(CN2CCN(C(=O)N(C)C)[C@@H]3CS(=O)(=O)C[C@@H]32)cc1. The van der Waals surface area contributed by atoms with Gasteiger partial charge in [-0.25, -0.2) is 13.2 Å². The summed E-state index contributed by atoms with van der Waals surface area (Å²) in [4.78, 5) is 17.9. The van der Waals surface area contributed by atoms with Gasteiger partial charge in [0.1, 0.15) is 0 Å². The van der Waals surface area contributed by atoms with Crippen LogP contribution in [0.25, 0.3) is 0 Å². The summed E-state index contributed by atoms with van der Waals surface area (Å²) in [6.45, 7) is 4.04. The molecule has 2 atom stereocenters. The summed E-state index contributed by atoms with van der Waals surface area (Å²) in [5.74, 6) is 0.211. The largest absolute Gasteiger partial charge is 0.331 e. The monoisotopic (exact) mass is 351 g/mol. The van der Waals surface area contributed by atoms with Crippen molar-refractivity contribution < 1.29 is 13.2 Å². The van der Waals surface area contributed by atoms with Crippen LogP contribution in [0.15, 0.2) is 24.3 Å². The number of sulfone groups is 1. The van der Waals surface area contributed by atoms with E-state index in [0.29, 0.717) is 13.1 Å². The highest BCUT2D eigenvalue weighted by atomic mass is 32.2. The molecule has 0 N–H and O–H groups in total. The molecule has 0 saturated carbocycles. The predicted octanol–water partition coefficient (Wildman–Crippen LogP) is 0.960. The fourth-order valence-electron chi connectivity index (χ4n) is 3.64. The van der Waals surface area contributed by atoms with E-state index < -0.39 is 9.84 Å². The van der Waals surface area contributed by atoms with Gasteiger partial charge in [0.15, 0.2) is 9.84 Å². The molecule has 1 aromatic rings. The van der Waals surface area contributed by atoms with Crippen molar-refractivity contribution >= 4 is 15.9 Å². The Morgan fingerprint density at radius 1 is 1.12 bits per heavy atom. The summed E-state index contributed by atoms with van der Waals surface area (Å²) in [7, 11) is 0.309. The Morgan fingerprint density at radius 2 is 1.75 bits per heavy atom. The fraction of sp³-hybridized carbons (Fsp3) is 0.588. The highest BCUT2D eigenvalue weighted by Crippen LogP contribution is 2.28. The molecule has 0 unspecified atom stereocenters. The van der Waals surface area contributed by atoms with Crippen LogP contribution in [0, 0.1) is 6.92 Å². The van der Waals surface area contributed by atoms with Crippen LogP contribution in [-0.4, -0.2) is 79.9 Å². The molecule has 0 radical (unpaired) electrons. The van der Waals surface area contributed by atoms with Crippen molar-refractivity contribution in [3.05, 3.63) is 35.4 Å². The second-order valence-electron chi connectivity index (χ2n) is 7.04. The maximum absolute atomic E-state index is 12.4. The third-order valence-corrected chi connectivity index (χ3v) is 6.62. The van der Waals surface area contributed by atoms with Gasteiger partial charge >= 0.3 is 6.03 Å². The molecule has 0 aliphatic carbocycles. The minimum Gasteiger partial charge on any atom is -0.331 e. The van der Waals surface area contributed by atoms with E-state index in [1.165, 1.54) is 16.0 Å². The lowest BCUT2D eigenvalue weighted by molar-refractivity contribution is 0.0521. The third kappa shape index (κ3) is 3.42. The van der Waals surface area contributed by atoms with Crippen LogP contribution in [-0.2, 0) is 16.4 Å². The zero-order chi connectivity index (χ0) is 17.5. The van der Waals surface area contributed by atoms with Gasteiger partial charge in [-0.05, 0) is 12.5 Å². The number of nitrogens with zero attached hydrogens (tertiary/aromatic N) is 3. The van der Waals surface area contributed by atoms with Gasteiger partial charge < -0.3 is 9.80 Å². The minimum atomic E-state index is -3.11. The van der Waals surface area contributed by atoms with Crippen molar-refractivity contribution in [2.45, 2.75) is 25.6 Å². The van der Waals surface area contributed by atoms with Crippen LogP contribution in [0.5, 0.6) is 0 Å². The van der Waals surface area contributed by atoms with Crippen molar-refractivity contribution in [1.29, 1.82) is 0 Å². The van der Waals surface area contributed by atoms with Gasteiger partial charge in [-0.3, -0.25) is 4.90 Å². The van der Waals surface area contributed by atoms with E-state index in [0.717, 1.165) is 6.54 Å². The van der Waals surface area contributed by atoms with Crippen molar-refractivity contribution in [3.63, 3.8) is 0 Å². The van der Waals surface area contributed by atoms with Gasteiger partial charge in [-0.1, -0.05) is 29.8 Å². The van der Waals surface area contributed by atoms with Gasteiger partial charge in [0.2, 0.25) is 0 Å². The average molecular weight is 351 g/mol. The summed E-state index contributed by atoms with van der Waals surface area (Å²) in [5.41, 5.74) is 2.39. The van der Waals surface area contributed by atoms with Gasteiger partial charge in [0.25, 0.3) is 0 Å². The van der Waals surface area contributed by atoms with E-state index in [-0.39, 0.29) is 29.6 Å². The van der Waals surface area contributed by atoms with Crippen molar-refractivity contribution in [2.75, 3.05) is 38.7 Å². The highest BCUT2D eigenvalue weighted by molar-refractivity contribution is 7.91. The van der Waals surface area contributed by atoms with Crippen molar-refractivity contribution in [1.82, 2.24) is 14.7 Å². The highest BCUT2D eigenvalue weighted by Gasteiger charge is 2.48. The van der Waals surface area contributed by atoms with Gasteiger partial charge in [0.05, 0.1) is 17.5 Å². The zero-order valence-corrected chi connectivity index (χ0v) is 15.3. The standard InChI is InChI=1S/C17H25N3O3S/c1-13-4-6-14(7-5-13)10-19-8-9-20(17(21)18(2)3)16-12-24(22,23)11-15(16)19/h4-7,15-16H,8-12H2,1-3H3/t15-,16+/m0/s1. The predicted molar refractivity (Wildman–Crippen MR) is 93.6 cm³/mol. The van der Waals surface area contributed by atoms with Crippen LogP contribution >= 0.6 is 0 Å². The summed E-state index contributed by atoms with van der Waals surface area (Å²) >= 11 is 0. The Labute approximate surface area is 144 Å². The van der Waals surface area contributed by atoms with E-state index in [1.54, 1.807) is 19.0 Å². The number of amides is 2. The Kier molecular flexibility index (Phi) is 4.57. The lowest BCUT2D eigenvalue weighted by Crippen LogP contribution is -2.61. The molecule has 1 aromatic carbocycles. The van der Waals surface area contributed by atoms with E-state index in [1.807, 2.05) is 0 Å². The molecular formula is C17H25N3O3S. The number of hydrogen-bond acceptors (Lipinski definition) is 4. The van der Waals surface area contributed by atoms with E-state index in [2.05, 4.69) is 36.1 Å². The second kappa shape index (κ2) is 6.37. The number of aryl methyl sites for hydroxylation is 1. The first-order chi connectivity index (χ1) is 11.3. The first-order valence-electron chi connectivity index (χ1n) is 8.25. The van der Waals surface area contributed by atoms with E-state index >= 15 is 0 Å². The van der Waals surface area contributed by atoms with Crippen LogP contribution in [0.4, 0.5) is 4.79 Å². The molecule has 2 saturated heterocycles. The quantitative estimate of drug-likeness (QED) is 0.796. The minimum absolute atomic E-state index is 0.0711. The third-order valence-electron chi connectivity index (χ3n) is 4.93. The molecule has 0 bridgehead atoms. The summed E-state index contributed by atoms with van der Waals surface area (Å²) in [6.07, 6.45) is 0. The number of fused-ring (bicyclic) bond motifs is 1. The zero-order valence-electron chi connectivity index (χ0n) is 14.5. The van der Waals surface area contributed by atoms with Gasteiger partial charge in [-0.2, -0.15) is 0 Å². The number of urea groups is 1. The number of piperazine rings is 1. The Morgan fingerprint density at radius 3 is 2.38 bits per heavy atom. The van der Waals surface area contributed by atoms with Gasteiger partial charge in [0, 0.05) is 39.8 Å². The maximum atomic E-state index is 12.4. The number of carbonyl (C=O) groups excluding carboxylic acids is 1. The Hall–Kier alpha value is -1.60. The van der Waals surface area contributed by atoms with Crippen molar-refractivity contribution in [2.24, 2.45) is 0 Å². The molecule has 2 aliphatic rings. The first-order valence-corrected chi connectivity index (χ1v) is 10.1. The normalized spacial score (nSPS) is 26.2. The molecule has 0 spiro atoms. The van der Waals surface area contributed by atoms with E-state index in [9.17, 15) is 13.2 Å². The fourth-order valence-corrected chi connectivity index (χ4v) is 5.66. The van der Waals surface area contributed by atoms with Crippen molar-refractivity contribution in [3.8, 4) is 0 Å². The number of rotatable bonds is 2. The summed E-state index contributed by atoms with van der Waals surface area (Å²) < 4.78 is 24.4. The summed E-state index contributed by atoms with van der Waals surface area (Å²) in [5, 5.41) is 0. The molecular weight excluding hydrogens is 326 g/mol. The number of carbonyl (C=O) groups is 1. The molecule has 2 fully saturated rings.